The molecule has 0 saturated heterocycles. The highest BCUT2D eigenvalue weighted by atomic mass is 35.5. The van der Waals surface area contributed by atoms with Crippen molar-refractivity contribution >= 4 is 64.2 Å². The van der Waals surface area contributed by atoms with Crippen LogP contribution in [0.2, 0.25) is 5.02 Å². The van der Waals surface area contributed by atoms with Crippen LogP contribution >= 0.6 is 23.4 Å². The topological polar surface area (TPSA) is 130 Å². The molecule has 4 rings (SSSR count). The van der Waals surface area contributed by atoms with E-state index < -0.39 is 16.7 Å². The number of nitrogens with one attached hydrogen (secondary N) is 3. The fraction of sp³-hybridized carbons (Fsp3) is 0.0645. The van der Waals surface area contributed by atoms with Crippen molar-refractivity contribution < 1.29 is 19.3 Å². The highest BCUT2D eigenvalue weighted by Gasteiger charge is 2.16. The molecule has 0 saturated carbocycles. The maximum absolute atomic E-state index is 13.3. The number of carbonyl (C=O) groups is 3. The van der Waals surface area contributed by atoms with Crippen molar-refractivity contribution in [3.63, 3.8) is 0 Å². The van der Waals surface area contributed by atoms with Gasteiger partial charge in [-0.3, -0.25) is 24.5 Å². The number of anilines is 2. The van der Waals surface area contributed by atoms with Gasteiger partial charge in [0.05, 0.1) is 10.7 Å². The normalized spacial score (nSPS) is 11.0. The number of non-ortho nitro benzene ring substituents is 1. The lowest BCUT2D eigenvalue weighted by Gasteiger charge is -2.12. The molecule has 0 unspecified atom stereocenters. The SMILES string of the molecule is Cc1c(Cl)cccc1NC(=O)CSc1cccc(NC(=O)/C(=C\c2ccc([N+](=O)[O-])cc2)NC(=O)c2ccccc2)c1. The van der Waals surface area contributed by atoms with E-state index in [2.05, 4.69) is 16.0 Å². The number of amides is 3. The van der Waals surface area contributed by atoms with Crippen LogP contribution in [0.15, 0.2) is 108 Å². The largest absolute Gasteiger partial charge is 0.325 e. The van der Waals surface area contributed by atoms with E-state index in [9.17, 15) is 24.5 Å². The highest BCUT2D eigenvalue weighted by molar-refractivity contribution is 8.00. The van der Waals surface area contributed by atoms with Crippen molar-refractivity contribution in [2.45, 2.75) is 11.8 Å². The first kappa shape index (κ1) is 30.0. The van der Waals surface area contributed by atoms with Gasteiger partial charge in [0.1, 0.15) is 5.70 Å². The summed E-state index contributed by atoms with van der Waals surface area (Å²) in [5.74, 6) is -1.18. The fourth-order valence-corrected chi connectivity index (χ4v) is 4.67. The average Bonchev–Trinajstić information content (AvgIpc) is 2.99. The van der Waals surface area contributed by atoms with Gasteiger partial charge in [0.2, 0.25) is 5.91 Å². The zero-order valence-corrected chi connectivity index (χ0v) is 23.9. The Kier molecular flexibility index (Phi) is 10.1. The van der Waals surface area contributed by atoms with E-state index in [1.165, 1.54) is 42.1 Å². The minimum absolute atomic E-state index is 0.0629. The number of halogens is 1. The van der Waals surface area contributed by atoms with Crippen LogP contribution in [-0.2, 0) is 9.59 Å². The van der Waals surface area contributed by atoms with Gasteiger partial charge in [-0.05, 0) is 78.7 Å². The number of nitro benzene ring substituents is 1. The van der Waals surface area contributed by atoms with Crippen molar-refractivity contribution in [2.24, 2.45) is 0 Å². The number of benzene rings is 4. The molecule has 0 radical (unpaired) electrons. The summed E-state index contributed by atoms with van der Waals surface area (Å²) in [7, 11) is 0. The van der Waals surface area contributed by atoms with Gasteiger partial charge in [-0.2, -0.15) is 0 Å². The summed E-state index contributed by atoms with van der Waals surface area (Å²) in [6.07, 6.45) is 1.43. The van der Waals surface area contributed by atoms with Crippen LogP contribution < -0.4 is 16.0 Å². The molecule has 3 N–H and O–H groups in total. The molecule has 0 aromatic heterocycles. The Labute approximate surface area is 251 Å². The quantitative estimate of drug-likeness (QED) is 0.0804. The third-order valence-electron chi connectivity index (χ3n) is 5.95. The maximum atomic E-state index is 13.3. The van der Waals surface area contributed by atoms with Crippen molar-refractivity contribution in [1.29, 1.82) is 0 Å². The van der Waals surface area contributed by atoms with Crippen LogP contribution in [0.5, 0.6) is 0 Å². The average molecular weight is 601 g/mol. The summed E-state index contributed by atoms with van der Waals surface area (Å²) in [5, 5.41) is 19.8. The van der Waals surface area contributed by atoms with Crippen LogP contribution in [0, 0.1) is 17.0 Å². The molecule has 11 heteroatoms. The van der Waals surface area contributed by atoms with Gasteiger partial charge in [0.15, 0.2) is 0 Å². The van der Waals surface area contributed by atoms with Crippen LogP contribution in [0.4, 0.5) is 17.1 Å². The molecule has 3 amide bonds. The molecule has 0 spiro atoms. The van der Waals surface area contributed by atoms with Gasteiger partial charge in [-0.15, -0.1) is 11.8 Å². The molecule has 0 aliphatic heterocycles. The Morgan fingerprint density at radius 3 is 2.33 bits per heavy atom. The molecule has 42 heavy (non-hydrogen) atoms. The molecule has 4 aromatic rings. The van der Waals surface area contributed by atoms with Gasteiger partial charge in [0.25, 0.3) is 17.5 Å². The first-order valence-electron chi connectivity index (χ1n) is 12.6. The number of hydrogen-bond donors (Lipinski definition) is 3. The van der Waals surface area contributed by atoms with Crippen molar-refractivity contribution in [2.75, 3.05) is 16.4 Å². The van der Waals surface area contributed by atoms with E-state index in [1.807, 2.05) is 13.0 Å². The van der Waals surface area contributed by atoms with Gasteiger partial charge in [0, 0.05) is 39.0 Å². The third-order valence-corrected chi connectivity index (χ3v) is 7.35. The number of nitro groups is 1. The minimum atomic E-state index is -0.603. The molecule has 0 atom stereocenters. The summed E-state index contributed by atoms with van der Waals surface area (Å²) in [5.41, 5.74) is 2.52. The van der Waals surface area contributed by atoms with Crippen molar-refractivity contribution in [1.82, 2.24) is 5.32 Å². The number of thioether (sulfide) groups is 1. The first-order valence-corrected chi connectivity index (χ1v) is 14.0. The lowest BCUT2D eigenvalue weighted by atomic mass is 10.1. The second-order valence-electron chi connectivity index (χ2n) is 8.96. The first-order chi connectivity index (χ1) is 20.2. The van der Waals surface area contributed by atoms with Gasteiger partial charge >= 0.3 is 0 Å². The lowest BCUT2D eigenvalue weighted by molar-refractivity contribution is -0.384. The van der Waals surface area contributed by atoms with Crippen LogP contribution in [0.1, 0.15) is 21.5 Å². The smallest absolute Gasteiger partial charge is 0.272 e. The third kappa shape index (κ3) is 8.29. The maximum Gasteiger partial charge on any atom is 0.272 e. The standard InChI is InChI=1S/C31H25ClN4O5S/c1-20-26(32)11-6-12-27(20)34-29(37)19-42-25-10-5-9-23(18-25)33-31(39)28(35-30(38)22-7-3-2-4-8-22)17-21-13-15-24(16-14-21)36(40)41/h2-18H,19H2,1H3,(H,33,39)(H,34,37)(H,35,38)/b28-17+. The van der Waals surface area contributed by atoms with Crippen molar-refractivity contribution in [3.8, 4) is 0 Å². The lowest BCUT2D eigenvalue weighted by Crippen LogP contribution is -2.30. The number of carbonyl (C=O) groups excluding carboxylic acids is 3. The van der Waals surface area contributed by atoms with E-state index in [4.69, 9.17) is 11.6 Å². The second kappa shape index (κ2) is 14.1. The number of hydrogen-bond acceptors (Lipinski definition) is 6. The molecule has 9 nitrogen and oxygen atoms in total. The van der Waals surface area contributed by atoms with Crippen LogP contribution in [-0.4, -0.2) is 28.4 Å². The van der Waals surface area contributed by atoms with E-state index in [0.29, 0.717) is 27.5 Å². The van der Waals surface area contributed by atoms with Gasteiger partial charge in [-0.25, -0.2) is 0 Å². The summed E-state index contributed by atoms with van der Waals surface area (Å²) in [6, 6.07) is 26.2. The Hall–Kier alpha value is -4.93. The van der Waals surface area contributed by atoms with Crippen LogP contribution in [0.25, 0.3) is 6.08 Å². The predicted molar refractivity (Wildman–Crippen MR) is 166 cm³/mol. The number of rotatable bonds is 10. The summed E-state index contributed by atoms with van der Waals surface area (Å²) in [6.45, 7) is 1.82. The number of nitrogens with zero attached hydrogens (tertiary/aromatic N) is 1. The molecule has 0 aliphatic rings. The highest BCUT2D eigenvalue weighted by Crippen LogP contribution is 2.25. The fourth-order valence-electron chi connectivity index (χ4n) is 3.74. The Morgan fingerprint density at radius 1 is 0.905 bits per heavy atom. The summed E-state index contributed by atoms with van der Waals surface area (Å²) in [4.78, 5) is 49.9. The Morgan fingerprint density at radius 2 is 1.62 bits per heavy atom. The minimum Gasteiger partial charge on any atom is -0.325 e. The molecule has 4 aromatic carbocycles. The molecule has 0 aliphatic carbocycles. The molecular formula is C31H25ClN4O5S. The van der Waals surface area contributed by atoms with Gasteiger partial charge in [-0.1, -0.05) is 41.9 Å². The Bertz CT molecular complexity index is 1660. The molecule has 212 valence electrons. The predicted octanol–water partition coefficient (Wildman–Crippen LogP) is 6.70. The van der Waals surface area contributed by atoms with Gasteiger partial charge < -0.3 is 16.0 Å². The zero-order valence-electron chi connectivity index (χ0n) is 22.3. The summed E-state index contributed by atoms with van der Waals surface area (Å²) >= 11 is 7.42. The second-order valence-corrected chi connectivity index (χ2v) is 10.4. The van der Waals surface area contributed by atoms with E-state index in [-0.39, 0.29) is 23.0 Å². The monoisotopic (exact) mass is 600 g/mol. The zero-order chi connectivity index (χ0) is 30.1. The van der Waals surface area contributed by atoms with E-state index >= 15 is 0 Å². The van der Waals surface area contributed by atoms with Crippen molar-refractivity contribution in [3.05, 3.63) is 135 Å². The van der Waals surface area contributed by atoms with E-state index in [0.717, 1.165) is 10.5 Å². The molecular weight excluding hydrogens is 576 g/mol. The molecule has 0 bridgehead atoms. The van der Waals surface area contributed by atoms with E-state index in [1.54, 1.807) is 66.7 Å². The molecule has 0 heterocycles. The Balaban J connectivity index is 1.47. The summed E-state index contributed by atoms with van der Waals surface area (Å²) < 4.78 is 0. The van der Waals surface area contributed by atoms with Crippen LogP contribution in [0.3, 0.4) is 0 Å². The molecule has 0 fully saturated rings.